The van der Waals surface area contributed by atoms with Crippen LogP contribution in [0.3, 0.4) is 0 Å². The average molecular weight is 382 g/mol. The fourth-order valence-corrected chi connectivity index (χ4v) is 2.71. The van der Waals surface area contributed by atoms with Crippen LogP contribution in [0, 0.1) is 0 Å². The summed E-state index contributed by atoms with van der Waals surface area (Å²) in [5.74, 6) is 0.135. The van der Waals surface area contributed by atoms with Crippen LogP contribution < -0.4 is 21.5 Å². The SMILES string of the molecule is CCc1cccc[n+]1CC(=O)c1ccc(-c2ccccc2)cc1.[Br-]. The Labute approximate surface area is 153 Å². The molecule has 3 aromatic rings. The van der Waals surface area contributed by atoms with Crippen LogP contribution in [0.2, 0.25) is 0 Å². The van der Waals surface area contributed by atoms with Crippen molar-refractivity contribution in [3.63, 3.8) is 0 Å². The Balaban J connectivity index is 0.00000208. The van der Waals surface area contributed by atoms with E-state index in [1.165, 1.54) is 5.69 Å². The summed E-state index contributed by atoms with van der Waals surface area (Å²) in [5.41, 5.74) is 4.21. The quantitative estimate of drug-likeness (QED) is 0.478. The molecule has 0 fully saturated rings. The Morgan fingerprint density at radius 3 is 2.12 bits per heavy atom. The lowest BCUT2D eigenvalue weighted by Gasteiger charge is -2.04. The van der Waals surface area contributed by atoms with Gasteiger partial charge < -0.3 is 17.0 Å². The van der Waals surface area contributed by atoms with Gasteiger partial charge in [-0.25, -0.2) is 0 Å². The van der Waals surface area contributed by atoms with Crippen molar-refractivity contribution in [3.05, 3.63) is 90.3 Å². The zero-order chi connectivity index (χ0) is 16.1. The summed E-state index contributed by atoms with van der Waals surface area (Å²) in [6, 6.07) is 24.1. The van der Waals surface area contributed by atoms with E-state index in [0.29, 0.717) is 6.54 Å². The first-order valence-corrected chi connectivity index (χ1v) is 7.94. The summed E-state index contributed by atoms with van der Waals surface area (Å²) < 4.78 is 2.02. The number of benzene rings is 2. The van der Waals surface area contributed by atoms with Crippen LogP contribution >= 0.6 is 0 Å². The van der Waals surface area contributed by atoms with E-state index in [0.717, 1.165) is 23.1 Å². The molecule has 0 aliphatic heterocycles. The molecule has 0 unspecified atom stereocenters. The van der Waals surface area contributed by atoms with Gasteiger partial charge >= 0.3 is 0 Å². The molecule has 3 heteroatoms. The number of hydrogen-bond acceptors (Lipinski definition) is 1. The Morgan fingerprint density at radius 2 is 1.46 bits per heavy atom. The van der Waals surface area contributed by atoms with Crippen LogP contribution in [0.1, 0.15) is 23.0 Å². The second-order valence-corrected chi connectivity index (χ2v) is 5.54. The number of carbonyl (C=O) groups excluding carboxylic acids is 1. The van der Waals surface area contributed by atoms with Crippen molar-refractivity contribution in [1.29, 1.82) is 0 Å². The maximum atomic E-state index is 12.5. The molecule has 0 spiro atoms. The third-order valence-corrected chi connectivity index (χ3v) is 4.02. The molecular formula is C21H20BrNO. The number of Topliss-reactive ketones (excluding diaryl/α,β-unsaturated/α-hetero) is 1. The highest BCUT2D eigenvalue weighted by Crippen LogP contribution is 2.19. The van der Waals surface area contributed by atoms with E-state index in [9.17, 15) is 4.79 Å². The molecule has 122 valence electrons. The number of aryl methyl sites for hydroxylation is 1. The maximum absolute atomic E-state index is 12.5. The van der Waals surface area contributed by atoms with Gasteiger partial charge in [-0.15, -0.1) is 0 Å². The largest absolute Gasteiger partial charge is 1.00 e. The van der Waals surface area contributed by atoms with E-state index in [1.54, 1.807) is 0 Å². The zero-order valence-corrected chi connectivity index (χ0v) is 15.2. The number of hydrogen-bond donors (Lipinski definition) is 0. The van der Waals surface area contributed by atoms with Gasteiger partial charge in [0.1, 0.15) is 0 Å². The summed E-state index contributed by atoms with van der Waals surface area (Å²) in [6.07, 6.45) is 2.89. The monoisotopic (exact) mass is 381 g/mol. The van der Waals surface area contributed by atoms with Crippen molar-refractivity contribution in [3.8, 4) is 11.1 Å². The minimum atomic E-state index is 0. The van der Waals surface area contributed by atoms with Crippen molar-refractivity contribution >= 4 is 5.78 Å². The van der Waals surface area contributed by atoms with Crippen molar-refractivity contribution < 1.29 is 26.3 Å². The van der Waals surface area contributed by atoms with E-state index in [-0.39, 0.29) is 22.8 Å². The Morgan fingerprint density at radius 1 is 0.833 bits per heavy atom. The van der Waals surface area contributed by atoms with Crippen molar-refractivity contribution in [2.75, 3.05) is 0 Å². The number of halogens is 1. The molecule has 2 nitrogen and oxygen atoms in total. The summed E-state index contributed by atoms with van der Waals surface area (Å²) >= 11 is 0. The van der Waals surface area contributed by atoms with E-state index in [1.807, 2.05) is 65.4 Å². The van der Waals surface area contributed by atoms with E-state index >= 15 is 0 Å². The molecule has 24 heavy (non-hydrogen) atoms. The first-order chi connectivity index (χ1) is 11.3. The molecule has 1 heterocycles. The topological polar surface area (TPSA) is 20.9 Å². The van der Waals surface area contributed by atoms with Gasteiger partial charge in [-0.1, -0.05) is 67.6 Å². The first-order valence-electron chi connectivity index (χ1n) is 7.94. The lowest BCUT2D eigenvalue weighted by molar-refractivity contribution is -0.690. The van der Waals surface area contributed by atoms with Gasteiger partial charge in [0.2, 0.25) is 12.3 Å². The highest BCUT2D eigenvalue weighted by Gasteiger charge is 2.15. The molecule has 0 saturated carbocycles. The van der Waals surface area contributed by atoms with Crippen molar-refractivity contribution in [2.45, 2.75) is 19.9 Å². The van der Waals surface area contributed by atoms with Crippen LogP contribution in [0.5, 0.6) is 0 Å². The van der Waals surface area contributed by atoms with Gasteiger partial charge in [-0.05, 0) is 11.1 Å². The van der Waals surface area contributed by atoms with Gasteiger partial charge in [0, 0.05) is 24.1 Å². The third-order valence-electron chi connectivity index (χ3n) is 4.02. The Bertz CT molecular complexity index is 798. The molecule has 0 aliphatic carbocycles. The molecule has 0 atom stereocenters. The standard InChI is InChI=1S/C21H20NO.BrH/c1-2-20-10-6-7-15-22(20)16-21(23)19-13-11-18(12-14-19)17-8-4-3-5-9-17;/h3-15H,2,16H2,1H3;1H/q+1;/p-1. The molecule has 3 rings (SSSR count). The molecule has 1 aromatic heterocycles. The number of rotatable bonds is 5. The molecule has 0 saturated heterocycles. The predicted molar refractivity (Wildman–Crippen MR) is 92.2 cm³/mol. The molecular weight excluding hydrogens is 362 g/mol. The first kappa shape index (κ1) is 18.1. The normalized spacial score (nSPS) is 10.0. The van der Waals surface area contributed by atoms with Crippen LogP contribution in [-0.4, -0.2) is 5.78 Å². The van der Waals surface area contributed by atoms with Gasteiger partial charge in [-0.3, -0.25) is 4.79 Å². The summed E-state index contributed by atoms with van der Waals surface area (Å²) in [4.78, 5) is 12.5. The van der Waals surface area contributed by atoms with Crippen LogP contribution in [-0.2, 0) is 13.0 Å². The second-order valence-electron chi connectivity index (χ2n) is 5.54. The fraction of sp³-hybridized carbons (Fsp3) is 0.143. The minimum Gasteiger partial charge on any atom is -1.00 e. The van der Waals surface area contributed by atoms with Crippen molar-refractivity contribution in [1.82, 2.24) is 0 Å². The number of nitrogens with zero attached hydrogens (tertiary/aromatic N) is 1. The van der Waals surface area contributed by atoms with E-state index in [2.05, 4.69) is 25.1 Å². The molecule has 0 amide bonds. The van der Waals surface area contributed by atoms with Crippen LogP contribution in [0.4, 0.5) is 0 Å². The molecule has 0 radical (unpaired) electrons. The lowest BCUT2D eigenvalue weighted by Crippen LogP contribution is -3.00. The number of aromatic nitrogens is 1. The molecule has 2 aromatic carbocycles. The fourth-order valence-electron chi connectivity index (χ4n) is 2.71. The maximum Gasteiger partial charge on any atom is 0.227 e. The number of ketones is 1. The van der Waals surface area contributed by atoms with E-state index in [4.69, 9.17) is 0 Å². The van der Waals surface area contributed by atoms with Gasteiger partial charge in [0.15, 0.2) is 11.9 Å². The van der Waals surface area contributed by atoms with E-state index < -0.39 is 0 Å². The average Bonchev–Trinajstić information content (AvgIpc) is 2.63. The summed E-state index contributed by atoms with van der Waals surface area (Å²) in [7, 11) is 0. The highest BCUT2D eigenvalue weighted by molar-refractivity contribution is 5.95. The summed E-state index contributed by atoms with van der Waals surface area (Å²) in [5, 5.41) is 0. The van der Waals surface area contributed by atoms with Crippen molar-refractivity contribution in [2.24, 2.45) is 0 Å². The zero-order valence-electron chi connectivity index (χ0n) is 13.7. The smallest absolute Gasteiger partial charge is 0.227 e. The van der Waals surface area contributed by atoms with Crippen LogP contribution in [0.15, 0.2) is 79.0 Å². The lowest BCUT2D eigenvalue weighted by atomic mass is 10.0. The highest BCUT2D eigenvalue weighted by atomic mass is 79.9. The third kappa shape index (κ3) is 4.18. The van der Waals surface area contributed by atoms with Gasteiger partial charge in [0.05, 0.1) is 0 Å². The van der Waals surface area contributed by atoms with Gasteiger partial charge in [-0.2, -0.15) is 4.57 Å². The Hall–Kier alpha value is -2.26. The predicted octanol–water partition coefficient (Wildman–Crippen LogP) is 1.09. The molecule has 0 aliphatic rings. The van der Waals surface area contributed by atoms with Gasteiger partial charge in [0.25, 0.3) is 0 Å². The number of carbonyl (C=O) groups is 1. The second kappa shape index (κ2) is 8.55. The molecule has 0 N–H and O–H groups in total. The summed E-state index contributed by atoms with van der Waals surface area (Å²) in [6.45, 7) is 2.49. The Kier molecular flexibility index (Phi) is 6.44. The van der Waals surface area contributed by atoms with Crippen LogP contribution in [0.25, 0.3) is 11.1 Å². The minimum absolute atomic E-state index is 0. The molecule has 0 bridgehead atoms. The number of pyridine rings is 1.